The van der Waals surface area contributed by atoms with E-state index in [0.717, 1.165) is 22.7 Å². The van der Waals surface area contributed by atoms with Crippen molar-refractivity contribution in [3.05, 3.63) is 46.6 Å². The molecule has 0 bridgehead atoms. The van der Waals surface area contributed by atoms with Gasteiger partial charge in [0.15, 0.2) is 5.82 Å². The zero-order chi connectivity index (χ0) is 17.6. The molecular formula is C16H17N5O2S2. The van der Waals surface area contributed by atoms with Crippen LogP contribution in [0.1, 0.15) is 40.4 Å². The molecule has 25 heavy (non-hydrogen) atoms. The molecule has 1 amide bonds. The Bertz CT molecular complexity index is 862. The summed E-state index contributed by atoms with van der Waals surface area (Å²) < 4.78 is 5.11. The van der Waals surface area contributed by atoms with Crippen molar-refractivity contribution in [3.8, 4) is 0 Å². The van der Waals surface area contributed by atoms with Gasteiger partial charge in [-0.15, -0.1) is 22.0 Å². The maximum atomic E-state index is 12.6. The summed E-state index contributed by atoms with van der Waals surface area (Å²) in [6, 6.07) is 7.40. The van der Waals surface area contributed by atoms with Crippen LogP contribution in [0.25, 0.3) is 0 Å². The molecule has 3 aromatic rings. The van der Waals surface area contributed by atoms with Gasteiger partial charge in [0.2, 0.25) is 11.0 Å². The van der Waals surface area contributed by atoms with Crippen molar-refractivity contribution in [2.24, 2.45) is 0 Å². The molecule has 0 saturated carbocycles. The Morgan fingerprint density at radius 2 is 2.16 bits per heavy atom. The van der Waals surface area contributed by atoms with Gasteiger partial charge in [0.05, 0.1) is 11.3 Å². The number of carbonyl (C=O) groups is 1. The molecule has 0 aliphatic heterocycles. The third-order valence-corrected chi connectivity index (χ3v) is 5.16. The lowest BCUT2D eigenvalue weighted by Crippen LogP contribution is -2.12. The van der Waals surface area contributed by atoms with Crippen LogP contribution in [0.15, 0.2) is 33.7 Å². The molecule has 0 aliphatic rings. The number of carbonyl (C=O) groups excluding carboxylic acids is 1. The molecule has 9 heteroatoms. The first-order chi connectivity index (χ1) is 12.2. The monoisotopic (exact) mass is 375 g/mol. The molecule has 1 N–H and O–H groups in total. The highest BCUT2D eigenvalue weighted by Gasteiger charge is 2.15. The number of thioether (sulfide) groups is 1. The quantitative estimate of drug-likeness (QED) is 0.629. The van der Waals surface area contributed by atoms with E-state index < -0.39 is 0 Å². The van der Waals surface area contributed by atoms with Gasteiger partial charge in [0.1, 0.15) is 5.01 Å². The molecule has 1 aromatic carbocycles. The summed E-state index contributed by atoms with van der Waals surface area (Å²) in [5, 5.41) is 16.1. The first-order valence-corrected chi connectivity index (χ1v) is 9.60. The summed E-state index contributed by atoms with van der Waals surface area (Å²) >= 11 is 2.88. The van der Waals surface area contributed by atoms with Gasteiger partial charge in [-0.1, -0.05) is 35.5 Å². The van der Waals surface area contributed by atoms with E-state index >= 15 is 0 Å². The van der Waals surface area contributed by atoms with Crippen molar-refractivity contribution in [1.29, 1.82) is 0 Å². The molecule has 130 valence electrons. The largest absolute Gasteiger partial charge is 0.338 e. The summed E-state index contributed by atoms with van der Waals surface area (Å²) in [4.78, 5) is 17.6. The first kappa shape index (κ1) is 17.6. The topological polar surface area (TPSA) is 93.8 Å². The number of aryl methyl sites for hydroxylation is 2. The second kappa shape index (κ2) is 8.21. The van der Waals surface area contributed by atoms with Crippen LogP contribution in [0.4, 0.5) is 5.13 Å². The van der Waals surface area contributed by atoms with E-state index in [4.69, 9.17) is 4.52 Å². The smallest absolute Gasteiger partial charge is 0.258 e. The van der Waals surface area contributed by atoms with Crippen LogP contribution in [-0.4, -0.2) is 26.2 Å². The van der Waals surface area contributed by atoms with E-state index in [1.165, 1.54) is 23.1 Å². The van der Waals surface area contributed by atoms with Gasteiger partial charge in [0.25, 0.3) is 5.91 Å². The second-order valence-electron chi connectivity index (χ2n) is 5.23. The summed E-state index contributed by atoms with van der Waals surface area (Å²) in [6.45, 7) is 3.85. The number of hydrogen-bond acceptors (Lipinski definition) is 8. The van der Waals surface area contributed by atoms with E-state index in [9.17, 15) is 4.79 Å². The summed E-state index contributed by atoms with van der Waals surface area (Å²) in [6.07, 6.45) is 1.86. The van der Waals surface area contributed by atoms with Crippen molar-refractivity contribution in [2.45, 2.75) is 37.3 Å². The Morgan fingerprint density at radius 3 is 2.92 bits per heavy atom. The van der Waals surface area contributed by atoms with Crippen molar-refractivity contribution < 1.29 is 9.32 Å². The van der Waals surface area contributed by atoms with Crippen LogP contribution >= 0.6 is 23.1 Å². The number of rotatable bonds is 7. The lowest BCUT2D eigenvalue weighted by atomic mass is 10.2. The van der Waals surface area contributed by atoms with Gasteiger partial charge in [-0.3, -0.25) is 10.1 Å². The van der Waals surface area contributed by atoms with Crippen molar-refractivity contribution in [2.75, 3.05) is 5.32 Å². The molecule has 0 unspecified atom stereocenters. The van der Waals surface area contributed by atoms with Crippen LogP contribution in [0, 0.1) is 6.92 Å². The zero-order valence-electron chi connectivity index (χ0n) is 13.9. The standard InChI is InChI=1S/C16H17N5O2S2/c1-3-6-14-19-20-16(25-14)18-15(22)11-7-4-5-8-12(11)24-9-13-17-10(2)21-23-13/h4-5,7-8H,3,6,9H2,1-2H3,(H,18,20,22). The van der Waals surface area contributed by atoms with Crippen LogP contribution in [0.3, 0.4) is 0 Å². The van der Waals surface area contributed by atoms with E-state index in [0.29, 0.717) is 28.2 Å². The number of anilines is 1. The fraction of sp³-hybridized carbons (Fsp3) is 0.312. The van der Waals surface area contributed by atoms with Gasteiger partial charge < -0.3 is 4.52 Å². The lowest BCUT2D eigenvalue weighted by Gasteiger charge is -2.07. The zero-order valence-corrected chi connectivity index (χ0v) is 15.5. The third-order valence-electron chi connectivity index (χ3n) is 3.20. The first-order valence-electron chi connectivity index (χ1n) is 7.80. The highest BCUT2D eigenvalue weighted by molar-refractivity contribution is 7.98. The van der Waals surface area contributed by atoms with Crippen molar-refractivity contribution >= 4 is 34.1 Å². The predicted octanol–water partition coefficient (Wildman–Crippen LogP) is 3.73. The maximum absolute atomic E-state index is 12.6. The Labute approximate surface area is 153 Å². The highest BCUT2D eigenvalue weighted by Crippen LogP contribution is 2.27. The molecule has 0 atom stereocenters. The molecule has 0 saturated heterocycles. The average molecular weight is 375 g/mol. The molecule has 7 nitrogen and oxygen atoms in total. The fourth-order valence-corrected chi connectivity index (χ4v) is 3.83. The van der Waals surface area contributed by atoms with E-state index in [1.807, 2.05) is 18.2 Å². The molecule has 0 aliphatic carbocycles. The van der Waals surface area contributed by atoms with Gasteiger partial charge >= 0.3 is 0 Å². The lowest BCUT2D eigenvalue weighted by molar-refractivity contribution is 0.102. The van der Waals surface area contributed by atoms with E-state index in [2.05, 4.69) is 32.6 Å². The number of aromatic nitrogens is 4. The Kier molecular flexibility index (Phi) is 5.77. The number of amides is 1. The van der Waals surface area contributed by atoms with Crippen molar-refractivity contribution in [3.63, 3.8) is 0 Å². The van der Waals surface area contributed by atoms with Gasteiger partial charge in [-0.05, 0) is 25.5 Å². The number of hydrogen-bond donors (Lipinski definition) is 1. The van der Waals surface area contributed by atoms with E-state index in [1.54, 1.807) is 13.0 Å². The molecule has 0 fully saturated rings. The molecule has 2 aromatic heterocycles. The third kappa shape index (κ3) is 4.64. The Balaban J connectivity index is 1.69. The predicted molar refractivity (Wildman–Crippen MR) is 96.9 cm³/mol. The van der Waals surface area contributed by atoms with Gasteiger partial charge in [0, 0.05) is 11.3 Å². The SMILES string of the molecule is CCCc1nnc(NC(=O)c2ccccc2SCc2nc(C)no2)s1. The van der Waals surface area contributed by atoms with Crippen LogP contribution in [0.5, 0.6) is 0 Å². The summed E-state index contributed by atoms with van der Waals surface area (Å²) in [5.74, 6) is 1.43. The molecule has 0 radical (unpaired) electrons. The highest BCUT2D eigenvalue weighted by atomic mass is 32.2. The average Bonchev–Trinajstić information content (AvgIpc) is 3.22. The number of benzene rings is 1. The molecule has 3 rings (SSSR count). The van der Waals surface area contributed by atoms with Crippen LogP contribution in [-0.2, 0) is 12.2 Å². The van der Waals surface area contributed by atoms with Crippen LogP contribution < -0.4 is 5.32 Å². The molecular weight excluding hydrogens is 358 g/mol. The second-order valence-corrected chi connectivity index (χ2v) is 7.30. The summed E-state index contributed by atoms with van der Waals surface area (Å²) in [5.41, 5.74) is 0.580. The molecule has 0 spiro atoms. The minimum atomic E-state index is -0.205. The van der Waals surface area contributed by atoms with Gasteiger partial charge in [-0.2, -0.15) is 4.98 Å². The molecule has 2 heterocycles. The fourth-order valence-electron chi connectivity index (χ4n) is 2.10. The number of nitrogens with one attached hydrogen (secondary N) is 1. The van der Waals surface area contributed by atoms with Crippen molar-refractivity contribution in [1.82, 2.24) is 20.3 Å². The maximum Gasteiger partial charge on any atom is 0.258 e. The Hall–Kier alpha value is -2.26. The summed E-state index contributed by atoms with van der Waals surface area (Å²) in [7, 11) is 0. The van der Waals surface area contributed by atoms with Crippen LogP contribution in [0.2, 0.25) is 0 Å². The normalized spacial score (nSPS) is 10.8. The van der Waals surface area contributed by atoms with E-state index in [-0.39, 0.29) is 5.91 Å². The minimum Gasteiger partial charge on any atom is -0.338 e. The van der Waals surface area contributed by atoms with Gasteiger partial charge in [-0.25, -0.2) is 0 Å². The Morgan fingerprint density at radius 1 is 1.32 bits per heavy atom. The number of nitrogens with zero attached hydrogens (tertiary/aromatic N) is 4. The minimum absolute atomic E-state index is 0.205.